The summed E-state index contributed by atoms with van der Waals surface area (Å²) < 4.78 is 0. The van der Waals surface area contributed by atoms with Crippen LogP contribution in [0.1, 0.15) is 23.7 Å². The Morgan fingerprint density at radius 3 is 3.06 bits per heavy atom. The van der Waals surface area contributed by atoms with Crippen molar-refractivity contribution in [1.82, 2.24) is 4.98 Å². The van der Waals surface area contributed by atoms with Crippen LogP contribution in [0.2, 0.25) is 0 Å². The van der Waals surface area contributed by atoms with E-state index in [9.17, 15) is 4.79 Å². The smallest absolute Gasteiger partial charge is 0.339 e. The number of aromatic nitrogens is 1. The Balaban J connectivity index is 2.56. The summed E-state index contributed by atoms with van der Waals surface area (Å²) in [5.41, 5.74) is 0.222. The third-order valence-corrected chi connectivity index (χ3v) is 3.32. The second kappa shape index (κ2) is 6.37. The molecule has 1 atom stereocenters. The SMILES string of the molecule is CSC(C)CCNc1ncccc1C(=O)O. The summed E-state index contributed by atoms with van der Waals surface area (Å²) in [5, 5.41) is 12.6. The first-order valence-electron chi connectivity index (χ1n) is 5.10. The zero-order chi connectivity index (χ0) is 12.0. The molecule has 0 bridgehead atoms. The van der Waals surface area contributed by atoms with Gasteiger partial charge in [0, 0.05) is 18.0 Å². The summed E-state index contributed by atoms with van der Waals surface area (Å²) in [6.45, 7) is 2.88. The van der Waals surface area contributed by atoms with E-state index < -0.39 is 5.97 Å². The normalized spacial score (nSPS) is 12.1. The van der Waals surface area contributed by atoms with Gasteiger partial charge in [-0.15, -0.1) is 0 Å². The van der Waals surface area contributed by atoms with Crippen molar-refractivity contribution in [3.8, 4) is 0 Å². The number of carbonyl (C=O) groups is 1. The first kappa shape index (κ1) is 12.8. The van der Waals surface area contributed by atoms with E-state index in [1.165, 1.54) is 0 Å². The minimum Gasteiger partial charge on any atom is -0.478 e. The summed E-state index contributed by atoms with van der Waals surface area (Å²) >= 11 is 1.79. The zero-order valence-corrected chi connectivity index (χ0v) is 10.3. The molecule has 5 heteroatoms. The number of rotatable bonds is 6. The van der Waals surface area contributed by atoms with Gasteiger partial charge in [0.05, 0.1) is 0 Å². The summed E-state index contributed by atoms with van der Waals surface area (Å²) in [6.07, 6.45) is 4.64. The molecule has 88 valence electrons. The van der Waals surface area contributed by atoms with Gasteiger partial charge in [-0.3, -0.25) is 0 Å². The van der Waals surface area contributed by atoms with E-state index in [0.717, 1.165) is 13.0 Å². The molecule has 0 amide bonds. The Morgan fingerprint density at radius 2 is 2.44 bits per heavy atom. The van der Waals surface area contributed by atoms with Gasteiger partial charge in [0.1, 0.15) is 11.4 Å². The topological polar surface area (TPSA) is 62.2 Å². The number of anilines is 1. The van der Waals surface area contributed by atoms with Crippen molar-refractivity contribution in [3.05, 3.63) is 23.9 Å². The molecule has 16 heavy (non-hydrogen) atoms. The van der Waals surface area contributed by atoms with E-state index in [4.69, 9.17) is 5.11 Å². The van der Waals surface area contributed by atoms with Gasteiger partial charge >= 0.3 is 5.97 Å². The Labute approximate surface area is 99.5 Å². The van der Waals surface area contributed by atoms with Crippen LogP contribution in [-0.2, 0) is 0 Å². The lowest BCUT2D eigenvalue weighted by Gasteiger charge is -2.10. The lowest BCUT2D eigenvalue weighted by atomic mass is 10.2. The Hall–Kier alpha value is -1.23. The van der Waals surface area contributed by atoms with Crippen LogP contribution in [0.5, 0.6) is 0 Å². The van der Waals surface area contributed by atoms with Gasteiger partial charge in [-0.25, -0.2) is 9.78 Å². The van der Waals surface area contributed by atoms with Gasteiger partial charge in [-0.2, -0.15) is 11.8 Å². The van der Waals surface area contributed by atoms with E-state index in [1.807, 2.05) is 0 Å². The molecule has 0 aliphatic heterocycles. The van der Waals surface area contributed by atoms with Crippen molar-refractivity contribution in [2.24, 2.45) is 0 Å². The maximum atomic E-state index is 10.9. The average molecular weight is 240 g/mol. The number of carboxylic acid groups (broad SMARTS) is 1. The highest BCUT2D eigenvalue weighted by Gasteiger charge is 2.09. The van der Waals surface area contributed by atoms with E-state index in [1.54, 1.807) is 30.1 Å². The van der Waals surface area contributed by atoms with Gasteiger partial charge < -0.3 is 10.4 Å². The molecule has 1 unspecified atom stereocenters. The Bertz CT molecular complexity index is 358. The third kappa shape index (κ3) is 3.73. The molecular formula is C11H16N2O2S. The molecule has 1 heterocycles. The monoisotopic (exact) mass is 240 g/mol. The van der Waals surface area contributed by atoms with Crippen LogP contribution in [0, 0.1) is 0 Å². The number of aromatic carboxylic acids is 1. The highest BCUT2D eigenvalue weighted by molar-refractivity contribution is 7.99. The molecule has 0 aromatic carbocycles. The zero-order valence-electron chi connectivity index (χ0n) is 9.43. The van der Waals surface area contributed by atoms with Crippen LogP contribution in [0.4, 0.5) is 5.82 Å². The number of carboxylic acids is 1. The minimum absolute atomic E-state index is 0.222. The second-order valence-electron chi connectivity index (χ2n) is 3.47. The maximum Gasteiger partial charge on any atom is 0.339 e. The molecule has 4 nitrogen and oxygen atoms in total. The van der Waals surface area contributed by atoms with Crippen molar-refractivity contribution in [2.75, 3.05) is 18.1 Å². The van der Waals surface area contributed by atoms with E-state index in [0.29, 0.717) is 11.1 Å². The molecule has 1 rings (SSSR count). The van der Waals surface area contributed by atoms with Gasteiger partial charge in [-0.1, -0.05) is 6.92 Å². The number of nitrogens with one attached hydrogen (secondary N) is 1. The number of thioether (sulfide) groups is 1. The molecular weight excluding hydrogens is 224 g/mol. The number of hydrogen-bond acceptors (Lipinski definition) is 4. The summed E-state index contributed by atoms with van der Waals surface area (Å²) in [6, 6.07) is 3.18. The van der Waals surface area contributed by atoms with Crippen LogP contribution in [0.25, 0.3) is 0 Å². The van der Waals surface area contributed by atoms with Crippen LogP contribution in [0.15, 0.2) is 18.3 Å². The molecule has 0 saturated carbocycles. The number of nitrogens with zero attached hydrogens (tertiary/aromatic N) is 1. The van der Waals surface area contributed by atoms with Crippen molar-refractivity contribution < 1.29 is 9.90 Å². The first-order valence-corrected chi connectivity index (χ1v) is 6.39. The molecule has 0 radical (unpaired) electrons. The van der Waals surface area contributed by atoms with Crippen LogP contribution in [0.3, 0.4) is 0 Å². The summed E-state index contributed by atoms with van der Waals surface area (Å²) in [4.78, 5) is 14.9. The molecule has 0 spiro atoms. The van der Waals surface area contributed by atoms with E-state index in [2.05, 4.69) is 23.5 Å². The molecule has 0 saturated heterocycles. The molecule has 1 aromatic rings. The highest BCUT2D eigenvalue weighted by atomic mass is 32.2. The fraction of sp³-hybridized carbons (Fsp3) is 0.455. The summed E-state index contributed by atoms with van der Waals surface area (Å²) in [7, 11) is 0. The van der Waals surface area contributed by atoms with E-state index >= 15 is 0 Å². The highest BCUT2D eigenvalue weighted by Crippen LogP contribution is 2.13. The quantitative estimate of drug-likeness (QED) is 0.799. The first-order chi connectivity index (χ1) is 7.65. The molecule has 0 aliphatic carbocycles. The Morgan fingerprint density at radius 1 is 1.69 bits per heavy atom. The second-order valence-corrected chi connectivity index (χ2v) is 4.74. The third-order valence-electron chi connectivity index (χ3n) is 2.28. The minimum atomic E-state index is -0.950. The Kier molecular flexibility index (Phi) is 5.11. The van der Waals surface area contributed by atoms with Crippen molar-refractivity contribution in [3.63, 3.8) is 0 Å². The molecule has 1 aromatic heterocycles. The van der Waals surface area contributed by atoms with Crippen LogP contribution < -0.4 is 5.32 Å². The van der Waals surface area contributed by atoms with Crippen molar-refractivity contribution in [2.45, 2.75) is 18.6 Å². The van der Waals surface area contributed by atoms with Gasteiger partial charge in [0.25, 0.3) is 0 Å². The predicted octanol–water partition coefficient (Wildman–Crippen LogP) is 2.33. The molecule has 0 fully saturated rings. The van der Waals surface area contributed by atoms with Crippen LogP contribution >= 0.6 is 11.8 Å². The standard InChI is InChI=1S/C11H16N2O2S/c1-8(16-2)5-7-13-10-9(11(14)15)4-3-6-12-10/h3-4,6,8H,5,7H2,1-2H3,(H,12,13)(H,14,15). The van der Waals surface area contributed by atoms with Gasteiger partial charge in [0.15, 0.2) is 0 Å². The lowest BCUT2D eigenvalue weighted by molar-refractivity contribution is 0.0697. The largest absolute Gasteiger partial charge is 0.478 e. The molecule has 0 aliphatic rings. The van der Waals surface area contributed by atoms with Gasteiger partial charge in [0.2, 0.25) is 0 Å². The maximum absolute atomic E-state index is 10.9. The fourth-order valence-corrected chi connectivity index (χ4v) is 1.58. The van der Waals surface area contributed by atoms with Crippen molar-refractivity contribution in [1.29, 1.82) is 0 Å². The number of pyridine rings is 1. The van der Waals surface area contributed by atoms with Crippen molar-refractivity contribution >= 4 is 23.5 Å². The molecule has 2 N–H and O–H groups in total. The van der Waals surface area contributed by atoms with Crippen LogP contribution in [-0.4, -0.2) is 34.1 Å². The van der Waals surface area contributed by atoms with E-state index in [-0.39, 0.29) is 5.56 Å². The predicted molar refractivity (Wildman–Crippen MR) is 67.3 cm³/mol. The summed E-state index contributed by atoms with van der Waals surface area (Å²) in [5.74, 6) is -0.503. The lowest BCUT2D eigenvalue weighted by Crippen LogP contribution is -2.12. The van der Waals surface area contributed by atoms with Gasteiger partial charge in [-0.05, 0) is 24.8 Å². The number of hydrogen-bond donors (Lipinski definition) is 2. The average Bonchev–Trinajstić information content (AvgIpc) is 2.29. The fourth-order valence-electron chi connectivity index (χ4n) is 1.23.